The molecule has 0 radical (unpaired) electrons. The molecule has 1 aromatic heterocycles. The molecule has 2 nitrogen and oxygen atoms in total. The van der Waals surface area contributed by atoms with E-state index in [9.17, 15) is 4.79 Å². The van der Waals surface area contributed by atoms with Gasteiger partial charge in [-0.2, -0.15) is 0 Å². The van der Waals surface area contributed by atoms with E-state index in [0.717, 1.165) is 32.7 Å². The number of rotatable bonds is 2. The van der Waals surface area contributed by atoms with Crippen molar-refractivity contribution in [2.75, 3.05) is 0 Å². The van der Waals surface area contributed by atoms with E-state index in [1.807, 2.05) is 57.2 Å². The Labute approximate surface area is 134 Å². The van der Waals surface area contributed by atoms with Gasteiger partial charge in [0, 0.05) is 22.4 Å². The second-order valence-corrected chi connectivity index (χ2v) is 6.16. The van der Waals surface area contributed by atoms with Crippen molar-refractivity contribution in [3.8, 4) is 0 Å². The molecule has 0 spiro atoms. The summed E-state index contributed by atoms with van der Waals surface area (Å²) < 4.78 is 5.49. The van der Waals surface area contributed by atoms with Crippen molar-refractivity contribution >= 4 is 22.6 Å². The Hall–Kier alpha value is -2.06. The van der Waals surface area contributed by atoms with Gasteiger partial charge in [0.25, 0.3) is 0 Å². The van der Waals surface area contributed by atoms with Crippen LogP contribution in [0.3, 0.4) is 0 Å². The summed E-state index contributed by atoms with van der Waals surface area (Å²) in [7, 11) is 0. The molecule has 0 amide bonds. The molecule has 3 aromatic rings. The average molecular weight is 313 g/mol. The Balaban J connectivity index is 2.12. The number of fused-ring (bicyclic) bond motifs is 1. The van der Waals surface area contributed by atoms with Crippen LogP contribution in [0.1, 0.15) is 27.8 Å². The molecule has 0 unspecified atom stereocenters. The van der Waals surface area contributed by atoms with E-state index in [0.29, 0.717) is 17.6 Å². The highest BCUT2D eigenvalue weighted by Crippen LogP contribution is 2.23. The van der Waals surface area contributed by atoms with E-state index in [-0.39, 0.29) is 5.63 Å². The largest absolute Gasteiger partial charge is 0.422 e. The number of hydrogen-bond acceptors (Lipinski definition) is 2. The smallest absolute Gasteiger partial charge is 0.340 e. The monoisotopic (exact) mass is 312 g/mol. The molecule has 0 saturated heterocycles. The minimum atomic E-state index is -0.271. The van der Waals surface area contributed by atoms with Gasteiger partial charge in [-0.3, -0.25) is 0 Å². The number of aryl methyl sites for hydroxylation is 3. The highest BCUT2D eigenvalue weighted by atomic mass is 35.5. The number of hydrogen-bond donors (Lipinski definition) is 0. The Kier molecular flexibility index (Phi) is 3.79. The lowest BCUT2D eigenvalue weighted by molar-refractivity contribution is 0.550. The summed E-state index contributed by atoms with van der Waals surface area (Å²) >= 11 is 6.17. The lowest BCUT2D eigenvalue weighted by Gasteiger charge is -2.09. The lowest BCUT2D eigenvalue weighted by atomic mass is 9.98. The maximum absolute atomic E-state index is 12.3. The van der Waals surface area contributed by atoms with Crippen LogP contribution in [0.2, 0.25) is 5.02 Å². The molecular formula is C19H17ClO2. The molecule has 1 heterocycles. The maximum atomic E-state index is 12.3. The second kappa shape index (κ2) is 5.62. The van der Waals surface area contributed by atoms with Crippen molar-refractivity contribution in [1.82, 2.24) is 0 Å². The summed E-state index contributed by atoms with van der Waals surface area (Å²) in [6.07, 6.45) is 0.526. The highest BCUT2D eigenvalue weighted by Gasteiger charge is 2.12. The van der Waals surface area contributed by atoms with Crippen molar-refractivity contribution in [2.24, 2.45) is 0 Å². The summed E-state index contributed by atoms with van der Waals surface area (Å²) in [5.41, 5.74) is 5.16. The zero-order valence-corrected chi connectivity index (χ0v) is 13.6. The van der Waals surface area contributed by atoms with Gasteiger partial charge in [-0.15, -0.1) is 0 Å². The van der Waals surface area contributed by atoms with Gasteiger partial charge in [0.2, 0.25) is 0 Å². The van der Waals surface area contributed by atoms with Crippen molar-refractivity contribution in [3.63, 3.8) is 0 Å². The molecule has 0 bridgehead atoms. The molecule has 0 aliphatic heterocycles. The SMILES string of the molecule is Cc1ccc2c(C)c(Cc3ccc(C)c(Cl)c3)c(=O)oc2c1. The molecule has 3 heteroatoms. The van der Waals surface area contributed by atoms with Gasteiger partial charge >= 0.3 is 5.63 Å². The first-order valence-corrected chi connectivity index (χ1v) is 7.61. The van der Waals surface area contributed by atoms with Crippen LogP contribution < -0.4 is 5.63 Å². The van der Waals surface area contributed by atoms with Crippen LogP contribution in [-0.2, 0) is 6.42 Å². The van der Waals surface area contributed by atoms with E-state index in [1.54, 1.807) is 0 Å². The molecule has 0 aliphatic carbocycles. The van der Waals surface area contributed by atoms with Crippen LogP contribution in [0.25, 0.3) is 11.0 Å². The van der Waals surface area contributed by atoms with E-state index in [4.69, 9.17) is 16.0 Å². The standard InChI is InChI=1S/C19H17ClO2/c1-11-4-7-15-13(3)16(19(21)22-18(15)8-11)9-14-6-5-12(2)17(20)10-14/h4-8,10H,9H2,1-3H3. The summed E-state index contributed by atoms with van der Waals surface area (Å²) in [6.45, 7) is 5.92. The lowest BCUT2D eigenvalue weighted by Crippen LogP contribution is -2.11. The summed E-state index contributed by atoms with van der Waals surface area (Å²) in [6, 6.07) is 11.8. The molecule has 3 rings (SSSR count). The van der Waals surface area contributed by atoms with Gasteiger partial charge in [-0.1, -0.05) is 35.9 Å². The topological polar surface area (TPSA) is 30.2 Å². The summed E-state index contributed by atoms with van der Waals surface area (Å²) in [5, 5.41) is 1.70. The minimum absolute atomic E-state index is 0.271. The van der Waals surface area contributed by atoms with Crippen LogP contribution in [0.15, 0.2) is 45.6 Å². The van der Waals surface area contributed by atoms with Crippen molar-refractivity contribution < 1.29 is 4.42 Å². The van der Waals surface area contributed by atoms with E-state index in [1.165, 1.54) is 0 Å². The first kappa shape index (κ1) is 14.9. The van der Waals surface area contributed by atoms with Gasteiger partial charge in [0.05, 0.1) is 0 Å². The van der Waals surface area contributed by atoms with Crippen molar-refractivity contribution in [3.05, 3.63) is 79.7 Å². The highest BCUT2D eigenvalue weighted by molar-refractivity contribution is 6.31. The molecule has 0 N–H and O–H groups in total. The van der Waals surface area contributed by atoms with Gasteiger partial charge in [0.15, 0.2) is 0 Å². The van der Waals surface area contributed by atoms with E-state index < -0.39 is 0 Å². The Morgan fingerprint density at radius 3 is 2.55 bits per heavy atom. The van der Waals surface area contributed by atoms with Crippen LogP contribution in [0, 0.1) is 20.8 Å². The Morgan fingerprint density at radius 1 is 1.05 bits per heavy atom. The summed E-state index contributed by atoms with van der Waals surface area (Å²) in [5.74, 6) is 0. The fraction of sp³-hybridized carbons (Fsp3) is 0.211. The zero-order chi connectivity index (χ0) is 15.9. The first-order valence-electron chi connectivity index (χ1n) is 7.23. The van der Waals surface area contributed by atoms with Gasteiger partial charge in [-0.05, 0) is 55.2 Å². The molecule has 0 saturated carbocycles. The van der Waals surface area contributed by atoms with Gasteiger partial charge in [-0.25, -0.2) is 4.79 Å². The molecule has 112 valence electrons. The average Bonchev–Trinajstić information content (AvgIpc) is 2.46. The molecular weight excluding hydrogens is 296 g/mol. The third-order valence-corrected chi connectivity index (χ3v) is 4.47. The van der Waals surface area contributed by atoms with Crippen LogP contribution in [0.4, 0.5) is 0 Å². The van der Waals surface area contributed by atoms with Crippen molar-refractivity contribution in [1.29, 1.82) is 0 Å². The van der Waals surface area contributed by atoms with Crippen LogP contribution in [0.5, 0.6) is 0 Å². The normalized spacial score (nSPS) is 11.1. The Bertz CT molecular complexity index is 923. The van der Waals surface area contributed by atoms with Crippen LogP contribution >= 0.6 is 11.6 Å². The molecule has 0 fully saturated rings. The quantitative estimate of drug-likeness (QED) is 0.626. The van der Waals surface area contributed by atoms with E-state index in [2.05, 4.69) is 0 Å². The zero-order valence-electron chi connectivity index (χ0n) is 12.9. The minimum Gasteiger partial charge on any atom is -0.422 e. The number of benzene rings is 2. The third-order valence-electron chi connectivity index (χ3n) is 4.06. The predicted octanol–water partition coefficient (Wildman–Crippen LogP) is 4.96. The first-order chi connectivity index (χ1) is 10.5. The molecule has 0 atom stereocenters. The maximum Gasteiger partial charge on any atom is 0.340 e. The molecule has 22 heavy (non-hydrogen) atoms. The number of halogens is 1. The van der Waals surface area contributed by atoms with Gasteiger partial charge in [0.1, 0.15) is 5.58 Å². The fourth-order valence-corrected chi connectivity index (χ4v) is 2.86. The summed E-state index contributed by atoms with van der Waals surface area (Å²) in [4.78, 5) is 12.3. The molecule has 2 aromatic carbocycles. The van der Waals surface area contributed by atoms with Gasteiger partial charge < -0.3 is 4.42 Å². The van der Waals surface area contributed by atoms with E-state index >= 15 is 0 Å². The van der Waals surface area contributed by atoms with Crippen molar-refractivity contribution in [2.45, 2.75) is 27.2 Å². The molecule has 0 aliphatic rings. The third kappa shape index (κ3) is 2.67. The Morgan fingerprint density at radius 2 is 1.82 bits per heavy atom. The van der Waals surface area contributed by atoms with Crippen LogP contribution in [-0.4, -0.2) is 0 Å². The predicted molar refractivity (Wildman–Crippen MR) is 91.0 cm³/mol. The fourth-order valence-electron chi connectivity index (χ4n) is 2.66. The second-order valence-electron chi connectivity index (χ2n) is 5.75.